The van der Waals surface area contributed by atoms with Crippen LogP contribution in [0.1, 0.15) is 183 Å². The number of amides is 4. The van der Waals surface area contributed by atoms with Gasteiger partial charge in [-0.15, -0.1) is 0 Å². The molecule has 3 fully saturated rings. The van der Waals surface area contributed by atoms with Crippen molar-refractivity contribution in [1.29, 1.82) is 0 Å². The molecule has 2 unspecified atom stereocenters. The first-order chi connectivity index (χ1) is 33.2. The van der Waals surface area contributed by atoms with Crippen molar-refractivity contribution in [3.05, 3.63) is 63.6 Å². The summed E-state index contributed by atoms with van der Waals surface area (Å²) in [5.74, 6) is -1.26. The van der Waals surface area contributed by atoms with E-state index in [0.29, 0.717) is 48.2 Å². The maximum atomic E-state index is 14.9. The third-order valence-corrected chi connectivity index (χ3v) is 16.1. The van der Waals surface area contributed by atoms with Crippen LogP contribution in [0.25, 0.3) is 5.57 Å². The number of alkyl carbamates (subject to hydrolysis) is 2. The SMILES string of the molecule is CC(C)N1C2=CC(=NC(=O)CCCCOC(=O)NC3CCCCC3)/C(=C3\C(=O)C(c4cc5c(cc4NC(=O)CCCCOC(=O)NC4CCCCC4)N(C(C)C)C(C)C5(C)C)=C3O)C=C2C(C)(C)C1C. The van der Waals surface area contributed by atoms with Crippen LogP contribution in [0.5, 0.6) is 0 Å². The molecule has 7 rings (SSSR count). The minimum absolute atomic E-state index is 0.0786. The molecule has 2 saturated carbocycles. The Morgan fingerprint density at radius 1 is 0.729 bits per heavy atom. The number of hydrogen-bond acceptors (Lipinski definition) is 10. The van der Waals surface area contributed by atoms with Crippen LogP contribution >= 0.6 is 0 Å². The second-order valence-corrected chi connectivity index (χ2v) is 22.2. The van der Waals surface area contributed by atoms with E-state index in [4.69, 9.17) is 9.47 Å². The number of nitrogens with one attached hydrogen (secondary N) is 3. The number of Topliss-reactive ketones (excluding diaryl/α,β-unsaturated/α-hetero) is 1. The molecular formula is C56H80N6O8. The summed E-state index contributed by atoms with van der Waals surface area (Å²) in [6.07, 6.45) is 15.8. The van der Waals surface area contributed by atoms with E-state index in [-0.39, 0.29) is 102 Å². The zero-order valence-electron chi connectivity index (χ0n) is 43.6. The molecule has 0 bridgehead atoms. The van der Waals surface area contributed by atoms with E-state index in [2.05, 4.69) is 100.0 Å². The van der Waals surface area contributed by atoms with Gasteiger partial charge in [0.15, 0.2) is 0 Å². The quantitative estimate of drug-likeness (QED) is 0.0920. The molecule has 1 saturated heterocycles. The number of ether oxygens (including phenoxy) is 2. The summed E-state index contributed by atoms with van der Waals surface area (Å²) in [5, 5.41) is 21.3. The third-order valence-electron chi connectivity index (χ3n) is 16.1. The van der Waals surface area contributed by atoms with Crippen molar-refractivity contribution in [2.75, 3.05) is 23.4 Å². The number of benzene rings is 1. The molecule has 4 N–H and O–H groups in total. The molecule has 1 aromatic carbocycles. The van der Waals surface area contributed by atoms with Crippen LogP contribution in [0, 0.1) is 5.41 Å². The van der Waals surface area contributed by atoms with Crippen molar-refractivity contribution < 1.29 is 38.6 Å². The predicted octanol–water partition coefficient (Wildman–Crippen LogP) is 11.1. The second kappa shape index (κ2) is 21.9. The predicted molar refractivity (Wildman–Crippen MR) is 276 cm³/mol. The number of anilines is 2. The standard InChI is InChI=1S/C56H80N6O8/c1-33(2)61-35(5)55(7,8)41-29-39(43(31-45(41)61)59-47(63)25-17-19-27-69-53(67)57-37-21-13-11-14-22-37)49-51(65)50(52(49)66)40-30-42-46(62(34(3)4)36(6)56(42,9)10)32-44(40)60-48(64)26-18-20-28-70-54(68)58-38-23-15-12-16-24-38/h29-38,65H,11-28H2,1-10H3,(H,57,67)(H,58,68)(H,59,63)/b50-40-,60-44?. The first-order valence-electron chi connectivity index (χ1n) is 26.4. The summed E-state index contributed by atoms with van der Waals surface area (Å²) in [4.78, 5) is 76.4. The van der Waals surface area contributed by atoms with Gasteiger partial charge in [-0.2, -0.15) is 0 Å². The third kappa shape index (κ3) is 11.1. The monoisotopic (exact) mass is 965 g/mol. The number of likely N-dealkylation sites (tertiary alicyclic amines) is 1. The molecule has 0 spiro atoms. The van der Waals surface area contributed by atoms with Crippen molar-refractivity contribution in [1.82, 2.24) is 15.5 Å². The van der Waals surface area contributed by atoms with E-state index in [1.54, 1.807) is 0 Å². The average Bonchev–Trinajstić information content (AvgIpc) is 3.62. The van der Waals surface area contributed by atoms with Crippen LogP contribution in [0.2, 0.25) is 0 Å². The van der Waals surface area contributed by atoms with Gasteiger partial charge in [-0.05, 0) is 128 Å². The van der Waals surface area contributed by atoms with Crippen LogP contribution in [0.15, 0.2) is 57.5 Å². The van der Waals surface area contributed by atoms with E-state index < -0.39 is 18.0 Å². The summed E-state index contributed by atoms with van der Waals surface area (Å²) < 4.78 is 10.9. The normalized spacial score (nSPS) is 23.8. The number of fused-ring (bicyclic) bond motifs is 2. The maximum Gasteiger partial charge on any atom is 0.407 e. The minimum atomic E-state index is -0.425. The number of carbonyl (C=O) groups excluding carboxylic acids is 5. The lowest BCUT2D eigenvalue weighted by molar-refractivity contribution is -0.118. The number of allylic oxidation sites excluding steroid dienone is 6. The van der Waals surface area contributed by atoms with E-state index in [0.717, 1.165) is 73.9 Å². The molecule has 6 aliphatic rings. The van der Waals surface area contributed by atoms with Gasteiger partial charge in [-0.25, -0.2) is 14.6 Å². The van der Waals surface area contributed by atoms with Crippen molar-refractivity contribution >= 4 is 52.4 Å². The molecule has 14 heteroatoms. The number of rotatable bonds is 16. The fourth-order valence-electron chi connectivity index (χ4n) is 11.6. The Morgan fingerprint density at radius 2 is 1.27 bits per heavy atom. The van der Waals surface area contributed by atoms with E-state index in [1.165, 1.54) is 12.8 Å². The highest BCUT2D eigenvalue weighted by atomic mass is 16.6. The molecule has 2 aliphatic heterocycles. The van der Waals surface area contributed by atoms with E-state index >= 15 is 0 Å². The summed E-state index contributed by atoms with van der Waals surface area (Å²) >= 11 is 0. The molecule has 2 heterocycles. The van der Waals surface area contributed by atoms with Gasteiger partial charge in [0, 0.05) is 82.4 Å². The number of ketones is 1. The van der Waals surface area contributed by atoms with Crippen molar-refractivity contribution in [2.45, 2.75) is 214 Å². The summed E-state index contributed by atoms with van der Waals surface area (Å²) in [6, 6.07) is 4.66. The highest BCUT2D eigenvalue weighted by Crippen LogP contribution is 2.53. The van der Waals surface area contributed by atoms with Gasteiger partial charge in [0.1, 0.15) is 5.76 Å². The van der Waals surface area contributed by atoms with Gasteiger partial charge in [-0.1, -0.05) is 66.2 Å². The maximum absolute atomic E-state index is 14.9. The van der Waals surface area contributed by atoms with Crippen molar-refractivity contribution in [3.63, 3.8) is 0 Å². The van der Waals surface area contributed by atoms with Crippen molar-refractivity contribution in [2.24, 2.45) is 10.4 Å². The van der Waals surface area contributed by atoms with E-state index in [1.807, 2.05) is 24.3 Å². The molecule has 0 radical (unpaired) electrons. The summed E-state index contributed by atoms with van der Waals surface area (Å²) in [7, 11) is 0. The molecule has 4 amide bonds. The smallest absolute Gasteiger partial charge is 0.407 e. The van der Waals surface area contributed by atoms with Crippen LogP contribution in [-0.4, -0.2) is 95.0 Å². The molecule has 1 aromatic rings. The molecule has 14 nitrogen and oxygen atoms in total. The van der Waals surface area contributed by atoms with Crippen LogP contribution < -0.4 is 20.9 Å². The first-order valence-corrected chi connectivity index (χ1v) is 26.4. The lowest BCUT2D eigenvalue weighted by atomic mass is 9.73. The number of unbranched alkanes of at least 4 members (excludes halogenated alkanes) is 2. The zero-order valence-corrected chi connectivity index (χ0v) is 43.6. The van der Waals surface area contributed by atoms with Gasteiger partial charge >= 0.3 is 12.2 Å². The highest BCUT2D eigenvalue weighted by Gasteiger charge is 2.49. The zero-order chi connectivity index (χ0) is 50.7. The van der Waals surface area contributed by atoms with Crippen LogP contribution in [0.4, 0.5) is 21.0 Å². The molecule has 70 heavy (non-hydrogen) atoms. The fourth-order valence-corrected chi connectivity index (χ4v) is 11.6. The van der Waals surface area contributed by atoms with Crippen LogP contribution in [0.3, 0.4) is 0 Å². The average molecular weight is 965 g/mol. The topological polar surface area (TPSA) is 179 Å². The molecule has 0 aromatic heterocycles. The minimum Gasteiger partial charge on any atom is -0.506 e. The second-order valence-electron chi connectivity index (χ2n) is 22.2. The number of hydrogen-bond donors (Lipinski definition) is 4. The summed E-state index contributed by atoms with van der Waals surface area (Å²) in [6.45, 7) is 22.0. The number of aliphatic hydroxyl groups excluding tert-OH is 1. The molecule has 4 aliphatic carbocycles. The molecule has 2 atom stereocenters. The van der Waals surface area contributed by atoms with Crippen LogP contribution in [-0.2, 0) is 29.3 Å². The highest BCUT2D eigenvalue weighted by molar-refractivity contribution is 6.42. The summed E-state index contributed by atoms with van der Waals surface area (Å²) in [5.41, 5.74) is 4.92. The Morgan fingerprint density at radius 3 is 1.81 bits per heavy atom. The fraction of sp³-hybridized carbons (Fsp3) is 0.643. The van der Waals surface area contributed by atoms with Gasteiger partial charge in [0.2, 0.25) is 17.6 Å². The van der Waals surface area contributed by atoms with E-state index in [9.17, 15) is 29.1 Å². The van der Waals surface area contributed by atoms with Gasteiger partial charge in [-0.3, -0.25) is 14.4 Å². The number of aliphatic imine (C=N–C) groups is 1. The Labute approximate surface area is 416 Å². The van der Waals surface area contributed by atoms with Gasteiger partial charge in [0.25, 0.3) is 0 Å². The van der Waals surface area contributed by atoms with Gasteiger partial charge < -0.3 is 40.3 Å². The number of carbonyl (C=O) groups is 5. The molecular weight excluding hydrogens is 885 g/mol. The van der Waals surface area contributed by atoms with Crippen molar-refractivity contribution in [3.8, 4) is 0 Å². The Bertz CT molecular complexity index is 2360. The lowest BCUT2D eigenvalue weighted by Crippen LogP contribution is -2.42. The Kier molecular flexibility index (Phi) is 16.4. The van der Waals surface area contributed by atoms with Gasteiger partial charge in [0.05, 0.1) is 35.8 Å². The Balaban J connectivity index is 1.15. The largest absolute Gasteiger partial charge is 0.506 e. The Hall–Kier alpha value is -5.40. The number of aliphatic hydroxyl groups is 1. The molecule has 382 valence electrons. The number of nitrogens with zero attached hydrogens (tertiary/aromatic N) is 3. The first kappa shape index (κ1) is 52.4. The lowest BCUT2D eigenvalue weighted by Gasteiger charge is -2.34.